The molecule has 1 heterocycles. The van der Waals surface area contributed by atoms with Crippen molar-refractivity contribution in [3.8, 4) is 0 Å². The summed E-state index contributed by atoms with van der Waals surface area (Å²) in [7, 11) is 0. The third-order valence-corrected chi connectivity index (χ3v) is 2.98. The summed E-state index contributed by atoms with van der Waals surface area (Å²) in [6.45, 7) is 6.40. The lowest BCUT2D eigenvalue weighted by atomic mass is 9.90. The summed E-state index contributed by atoms with van der Waals surface area (Å²) in [6.07, 6.45) is 3.15. The van der Waals surface area contributed by atoms with Crippen molar-refractivity contribution < 1.29 is 4.79 Å². The predicted octanol–water partition coefficient (Wildman–Crippen LogP) is 3.10. The molecule has 0 aliphatic heterocycles. The first kappa shape index (κ1) is 16.7. The lowest BCUT2D eigenvalue weighted by molar-refractivity contribution is -0.117. The van der Waals surface area contributed by atoms with Crippen molar-refractivity contribution in [3.63, 3.8) is 0 Å². The number of hydrogen-bond acceptors (Lipinski definition) is 3. The zero-order valence-corrected chi connectivity index (χ0v) is 12.0. The number of aromatic nitrogens is 1. The van der Waals surface area contributed by atoms with Crippen molar-refractivity contribution in [2.75, 3.05) is 11.1 Å². The summed E-state index contributed by atoms with van der Waals surface area (Å²) < 4.78 is 0. The van der Waals surface area contributed by atoms with Gasteiger partial charge in [0.25, 0.3) is 0 Å². The van der Waals surface area contributed by atoms with E-state index in [1.807, 2.05) is 0 Å². The minimum atomic E-state index is 0. The molecule has 1 aromatic heterocycles. The molecule has 0 aliphatic carbocycles. The molecule has 0 fully saturated rings. The smallest absolute Gasteiger partial charge is 0.224 e. The lowest BCUT2D eigenvalue weighted by Crippen LogP contribution is -2.19. The van der Waals surface area contributed by atoms with Gasteiger partial charge in [-0.2, -0.15) is 0 Å². The highest BCUT2D eigenvalue weighted by Crippen LogP contribution is 2.19. The van der Waals surface area contributed by atoms with Gasteiger partial charge in [-0.15, -0.1) is 12.4 Å². The maximum absolute atomic E-state index is 11.8. The van der Waals surface area contributed by atoms with E-state index in [0.717, 1.165) is 6.42 Å². The molecule has 3 N–H and O–H groups in total. The van der Waals surface area contributed by atoms with Gasteiger partial charge in [0, 0.05) is 6.42 Å². The Morgan fingerprint density at radius 1 is 1.44 bits per heavy atom. The first-order valence-electron chi connectivity index (χ1n) is 6.04. The first-order valence-corrected chi connectivity index (χ1v) is 6.04. The molecule has 5 heteroatoms. The number of nitrogens with zero attached hydrogens (tertiary/aromatic N) is 1. The van der Waals surface area contributed by atoms with E-state index in [4.69, 9.17) is 5.73 Å². The van der Waals surface area contributed by atoms with Crippen molar-refractivity contribution in [2.24, 2.45) is 11.8 Å². The third-order valence-electron chi connectivity index (χ3n) is 2.98. The Hall–Kier alpha value is -1.29. The van der Waals surface area contributed by atoms with Crippen LogP contribution < -0.4 is 11.1 Å². The second-order valence-corrected chi connectivity index (χ2v) is 4.64. The number of nitrogens with two attached hydrogens (primary N) is 1. The largest absolute Gasteiger partial charge is 0.384 e. The number of nitrogen functional groups attached to an aromatic ring is 1. The average molecular weight is 272 g/mol. The van der Waals surface area contributed by atoms with Gasteiger partial charge in [0.05, 0.1) is 11.9 Å². The fourth-order valence-corrected chi connectivity index (χ4v) is 1.78. The standard InChI is InChI=1S/C13H21N3O.ClH/c1-4-10(9(2)3)7-13(17)16-11-5-6-12(14)15-8-11;/h5-6,8-10H,4,7H2,1-3H3,(H2,14,15)(H,16,17);1H. The average Bonchev–Trinajstić information content (AvgIpc) is 2.28. The molecule has 4 nitrogen and oxygen atoms in total. The van der Waals surface area contributed by atoms with Crippen LogP contribution >= 0.6 is 12.4 Å². The number of carbonyl (C=O) groups excluding carboxylic acids is 1. The number of halogens is 1. The zero-order valence-electron chi connectivity index (χ0n) is 11.1. The van der Waals surface area contributed by atoms with E-state index in [0.29, 0.717) is 29.8 Å². The Balaban J connectivity index is 0.00000289. The molecule has 1 unspecified atom stereocenters. The molecule has 0 aromatic carbocycles. The van der Waals surface area contributed by atoms with Crippen LogP contribution in [0.15, 0.2) is 18.3 Å². The Morgan fingerprint density at radius 3 is 2.56 bits per heavy atom. The van der Waals surface area contributed by atoms with E-state index in [9.17, 15) is 4.79 Å². The monoisotopic (exact) mass is 271 g/mol. The van der Waals surface area contributed by atoms with Gasteiger partial charge in [0.1, 0.15) is 5.82 Å². The van der Waals surface area contributed by atoms with Crippen molar-refractivity contribution >= 4 is 29.8 Å². The highest BCUT2D eigenvalue weighted by molar-refractivity contribution is 5.90. The maximum Gasteiger partial charge on any atom is 0.224 e. The van der Waals surface area contributed by atoms with Crippen LogP contribution in [0.2, 0.25) is 0 Å². The van der Waals surface area contributed by atoms with E-state index in [-0.39, 0.29) is 18.3 Å². The van der Waals surface area contributed by atoms with Crippen LogP contribution in [0.1, 0.15) is 33.6 Å². The number of hydrogen-bond donors (Lipinski definition) is 2. The number of amides is 1. The van der Waals surface area contributed by atoms with Crippen molar-refractivity contribution in [3.05, 3.63) is 18.3 Å². The summed E-state index contributed by atoms with van der Waals surface area (Å²) in [4.78, 5) is 15.7. The molecule has 0 saturated heterocycles. The molecule has 1 atom stereocenters. The summed E-state index contributed by atoms with van der Waals surface area (Å²) in [5.74, 6) is 1.45. The summed E-state index contributed by atoms with van der Waals surface area (Å²) in [6, 6.07) is 3.44. The van der Waals surface area contributed by atoms with Crippen LogP contribution in [-0.4, -0.2) is 10.9 Å². The minimum absolute atomic E-state index is 0. The second-order valence-electron chi connectivity index (χ2n) is 4.64. The summed E-state index contributed by atoms with van der Waals surface area (Å²) in [5.41, 5.74) is 6.17. The van der Waals surface area contributed by atoms with Crippen LogP contribution in [0, 0.1) is 11.8 Å². The van der Waals surface area contributed by atoms with Gasteiger partial charge >= 0.3 is 0 Å². The van der Waals surface area contributed by atoms with Crippen molar-refractivity contribution in [1.82, 2.24) is 4.98 Å². The Labute approximate surface area is 115 Å². The van der Waals surface area contributed by atoms with Crippen LogP contribution in [-0.2, 0) is 4.79 Å². The molecule has 0 bridgehead atoms. The van der Waals surface area contributed by atoms with Gasteiger partial charge in [-0.25, -0.2) is 4.98 Å². The lowest BCUT2D eigenvalue weighted by Gasteiger charge is -2.18. The number of carbonyl (C=O) groups is 1. The second kappa shape index (κ2) is 7.93. The van der Waals surface area contributed by atoms with E-state index in [1.165, 1.54) is 0 Å². The quantitative estimate of drug-likeness (QED) is 0.865. The number of nitrogens with one attached hydrogen (secondary N) is 1. The molecule has 1 amide bonds. The molecule has 0 radical (unpaired) electrons. The van der Waals surface area contributed by atoms with E-state index in [1.54, 1.807) is 18.3 Å². The van der Waals surface area contributed by atoms with E-state index < -0.39 is 0 Å². The fraction of sp³-hybridized carbons (Fsp3) is 0.538. The normalized spacial score (nSPS) is 11.8. The minimum Gasteiger partial charge on any atom is -0.384 e. The summed E-state index contributed by atoms with van der Waals surface area (Å²) in [5, 5.41) is 2.83. The summed E-state index contributed by atoms with van der Waals surface area (Å²) >= 11 is 0. The van der Waals surface area contributed by atoms with Crippen molar-refractivity contribution in [1.29, 1.82) is 0 Å². The highest BCUT2D eigenvalue weighted by Gasteiger charge is 2.15. The van der Waals surface area contributed by atoms with E-state index >= 15 is 0 Å². The van der Waals surface area contributed by atoms with Crippen LogP contribution in [0.25, 0.3) is 0 Å². The van der Waals surface area contributed by atoms with Crippen LogP contribution in [0.5, 0.6) is 0 Å². The van der Waals surface area contributed by atoms with Crippen molar-refractivity contribution in [2.45, 2.75) is 33.6 Å². The highest BCUT2D eigenvalue weighted by atomic mass is 35.5. The van der Waals surface area contributed by atoms with Gasteiger partial charge in [0.15, 0.2) is 0 Å². The van der Waals surface area contributed by atoms with Gasteiger partial charge < -0.3 is 11.1 Å². The molecule has 18 heavy (non-hydrogen) atoms. The zero-order chi connectivity index (χ0) is 12.8. The van der Waals surface area contributed by atoms with E-state index in [2.05, 4.69) is 31.1 Å². The molecule has 102 valence electrons. The SMILES string of the molecule is CCC(CC(=O)Nc1ccc(N)nc1)C(C)C.Cl. The molecule has 0 saturated carbocycles. The molecule has 0 spiro atoms. The van der Waals surface area contributed by atoms with Crippen LogP contribution in [0.4, 0.5) is 11.5 Å². The number of rotatable bonds is 5. The van der Waals surface area contributed by atoms with Gasteiger partial charge in [-0.1, -0.05) is 27.2 Å². The molecular formula is C13H22ClN3O. The molecular weight excluding hydrogens is 250 g/mol. The van der Waals surface area contributed by atoms with Gasteiger partial charge in [-0.3, -0.25) is 4.79 Å². The van der Waals surface area contributed by atoms with Crippen LogP contribution in [0.3, 0.4) is 0 Å². The Bertz CT molecular complexity index is 365. The first-order chi connectivity index (χ1) is 8.02. The number of anilines is 2. The Morgan fingerprint density at radius 2 is 2.11 bits per heavy atom. The molecule has 0 aliphatic rings. The maximum atomic E-state index is 11.8. The fourth-order valence-electron chi connectivity index (χ4n) is 1.78. The third kappa shape index (κ3) is 5.36. The Kier molecular flexibility index (Phi) is 7.36. The molecule has 1 aromatic rings. The van der Waals surface area contributed by atoms with Gasteiger partial charge in [0.2, 0.25) is 5.91 Å². The predicted molar refractivity (Wildman–Crippen MR) is 77.8 cm³/mol. The molecule has 1 rings (SSSR count). The topological polar surface area (TPSA) is 68.0 Å². The van der Waals surface area contributed by atoms with Gasteiger partial charge in [-0.05, 0) is 24.0 Å². The number of pyridine rings is 1.